The summed E-state index contributed by atoms with van der Waals surface area (Å²) >= 11 is 0. The third kappa shape index (κ3) is 14.2. The van der Waals surface area contributed by atoms with Gasteiger partial charge in [-0.1, -0.05) is 20.8 Å². The van der Waals surface area contributed by atoms with Crippen molar-refractivity contribution in [1.29, 1.82) is 0 Å². The predicted molar refractivity (Wildman–Crippen MR) is 93.3 cm³/mol. The van der Waals surface area contributed by atoms with Crippen molar-refractivity contribution in [2.45, 2.75) is 59.9 Å². The van der Waals surface area contributed by atoms with Crippen molar-refractivity contribution in [2.75, 3.05) is 19.8 Å². The zero-order valence-electron chi connectivity index (χ0n) is 13.1. The Morgan fingerprint density at radius 2 is 1.95 bits per heavy atom. The Morgan fingerprint density at radius 3 is 2.42 bits per heavy atom. The standard InChI is InChI=1S/C14H30FN3.HI/c1-6-16-13(17-11-7-10-15)18-12(2)8-9-14(3,4)5;/h12H,6-11H2,1-5H3,(H2,16,17,18);1H. The fourth-order valence-corrected chi connectivity index (χ4v) is 1.53. The van der Waals surface area contributed by atoms with Crippen molar-refractivity contribution in [3.8, 4) is 0 Å². The number of hydrogen-bond donors (Lipinski definition) is 2. The van der Waals surface area contributed by atoms with Gasteiger partial charge in [0, 0.05) is 19.1 Å². The SMILES string of the molecule is CCNC(=NCCCF)NC(C)CCC(C)(C)C.I. The van der Waals surface area contributed by atoms with Crippen LogP contribution in [0.5, 0.6) is 0 Å². The van der Waals surface area contributed by atoms with Crippen LogP contribution in [0.15, 0.2) is 4.99 Å². The summed E-state index contributed by atoms with van der Waals surface area (Å²) in [4.78, 5) is 4.34. The van der Waals surface area contributed by atoms with Gasteiger partial charge >= 0.3 is 0 Å². The molecular formula is C14H31FIN3. The van der Waals surface area contributed by atoms with Crippen LogP contribution in [0.25, 0.3) is 0 Å². The van der Waals surface area contributed by atoms with Gasteiger partial charge in [0.05, 0.1) is 6.67 Å². The van der Waals surface area contributed by atoms with Gasteiger partial charge in [-0.25, -0.2) is 0 Å². The summed E-state index contributed by atoms with van der Waals surface area (Å²) in [5.74, 6) is 0.798. The lowest BCUT2D eigenvalue weighted by atomic mass is 9.89. The quantitative estimate of drug-likeness (QED) is 0.302. The molecule has 0 aliphatic rings. The second-order valence-electron chi connectivity index (χ2n) is 5.95. The lowest BCUT2D eigenvalue weighted by Crippen LogP contribution is -2.42. The molecule has 0 aliphatic carbocycles. The molecule has 0 bridgehead atoms. The van der Waals surface area contributed by atoms with Gasteiger partial charge in [-0.2, -0.15) is 0 Å². The molecule has 0 saturated carbocycles. The number of nitrogens with zero attached hydrogens (tertiary/aromatic N) is 1. The summed E-state index contributed by atoms with van der Waals surface area (Å²) in [7, 11) is 0. The molecule has 2 N–H and O–H groups in total. The monoisotopic (exact) mass is 387 g/mol. The maximum Gasteiger partial charge on any atom is 0.191 e. The minimum absolute atomic E-state index is 0. The van der Waals surface area contributed by atoms with Gasteiger partial charge in [-0.05, 0) is 38.5 Å². The van der Waals surface area contributed by atoms with Crippen molar-refractivity contribution in [1.82, 2.24) is 10.6 Å². The zero-order valence-corrected chi connectivity index (χ0v) is 15.4. The van der Waals surface area contributed by atoms with Crippen LogP contribution in [0.2, 0.25) is 0 Å². The molecule has 0 heterocycles. The van der Waals surface area contributed by atoms with Gasteiger partial charge in [-0.3, -0.25) is 9.38 Å². The highest BCUT2D eigenvalue weighted by Crippen LogP contribution is 2.21. The summed E-state index contributed by atoms with van der Waals surface area (Å²) in [6.45, 7) is 12.0. The average molecular weight is 387 g/mol. The summed E-state index contributed by atoms with van der Waals surface area (Å²) in [5.41, 5.74) is 0.361. The van der Waals surface area contributed by atoms with E-state index in [0.29, 0.717) is 24.4 Å². The molecule has 0 aliphatic heterocycles. The van der Waals surface area contributed by atoms with Crippen LogP contribution in [0.3, 0.4) is 0 Å². The molecule has 0 spiro atoms. The number of alkyl halides is 1. The Labute approximate surface area is 135 Å². The molecule has 0 amide bonds. The molecule has 0 saturated heterocycles. The van der Waals surface area contributed by atoms with Crippen LogP contribution in [0, 0.1) is 5.41 Å². The van der Waals surface area contributed by atoms with Gasteiger partial charge in [0.25, 0.3) is 0 Å². The fraction of sp³-hybridized carbons (Fsp3) is 0.929. The number of halogens is 2. The van der Waals surface area contributed by atoms with Gasteiger partial charge in [0.1, 0.15) is 0 Å². The Bertz CT molecular complexity index is 239. The molecule has 0 aromatic heterocycles. The number of guanidine groups is 1. The van der Waals surface area contributed by atoms with Crippen molar-refractivity contribution in [3.05, 3.63) is 0 Å². The first-order valence-corrected chi connectivity index (χ1v) is 7.00. The highest BCUT2D eigenvalue weighted by molar-refractivity contribution is 14.0. The van der Waals surface area contributed by atoms with E-state index in [1.54, 1.807) is 0 Å². The third-order valence-electron chi connectivity index (χ3n) is 2.62. The molecule has 0 radical (unpaired) electrons. The topological polar surface area (TPSA) is 36.4 Å². The molecular weight excluding hydrogens is 356 g/mol. The van der Waals surface area contributed by atoms with Crippen LogP contribution in [-0.2, 0) is 0 Å². The van der Waals surface area contributed by atoms with E-state index in [1.165, 1.54) is 6.42 Å². The Kier molecular flexibility index (Phi) is 13.1. The maximum absolute atomic E-state index is 12.0. The van der Waals surface area contributed by atoms with E-state index >= 15 is 0 Å². The normalized spacial score (nSPS) is 13.7. The molecule has 116 valence electrons. The number of aliphatic imine (C=N–C) groups is 1. The van der Waals surface area contributed by atoms with Crippen LogP contribution >= 0.6 is 24.0 Å². The van der Waals surface area contributed by atoms with Gasteiger partial charge in [0.15, 0.2) is 5.96 Å². The molecule has 0 rings (SSSR count). The van der Waals surface area contributed by atoms with Crippen molar-refractivity contribution in [3.63, 3.8) is 0 Å². The fourth-order valence-electron chi connectivity index (χ4n) is 1.53. The Hall–Kier alpha value is -0.0700. The minimum atomic E-state index is -0.303. The highest BCUT2D eigenvalue weighted by atomic mass is 127. The minimum Gasteiger partial charge on any atom is -0.357 e. The average Bonchev–Trinajstić information content (AvgIpc) is 2.26. The summed E-state index contributed by atoms with van der Waals surface area (Å²) in [5, 5.41) is 6.55. The van der Waals surface area contributed by atoms with E-state index < -0.39 is 0 Å². The van der Waals surface area contributed by atoms with Crippen molar-refractivity contribution in [2.24, 2.45) is 10.4 Å². The van der Waals surface area contributed by atoms with Crippen LogP contribution in [0.1, 0.15) is 53.9 Å². The second kappa shape index (κ2) is 11.7. The van der Waals surface area contributed by atoms with Gasteiger partial charge < -0.3 is 10.6 Å². The van der Waals surface area contributed by atoms with E-state index in [-0.39, 0.29) is 30.7 Å². The van der Waals surface area contributed by atoms with E-state index in [4.69, 9.17) is 0 Å². The van der Waals surface area contributed by atoms with E-state index in [2.05, 4.69) is 43.3 Å². The molecule has 5 heteroatoms. The second-order valence-corrected chi connectivity index (χ2v) is 5.95. The molecule has 19 heavy (non-hydrogen) atoms. The van der Waals surface area contributed by atoms with E-state index in [1.807, 2.05) is 6.92 Å². The molecule has 3 nitrogen and oxygen atoms in total. The molecule has 1 unspecified atom stereocenters. The molecule has 1 atom stereocenters. The summed E-state index contributed by atoms with van der Waals surface area (Å²) in [6.07, 6.45) is 2.77. The number of rotatable bonds is 7. The molecule has 0 fully saturated rings. The number of nitrogens with one attached hydrogen (secondary N) is 2. The first-order chi connectivity index (χ1) is 8.39. The third-order valence-corrected chi connectivity index (χ3v) is 2.62. The van der Waals surface area contributed by atoms with E-state index in [0.717, 1.165) is 18.9 Å². The van der Waals surface area contributed by atoms with Gasteiger partial charge in [-0.15, -0.1) is 24.0 Å². The van der Waals surface area contributed by atoms with Crippen molar-refractivity contribution < 1.29 is 4.39 Å². The summed E-state index contributed by atoms with van der Waals surface area (Å²) in [6, 6.07) is 0.382. The smallest absolute Gasteiger partial charge is 0.191 e. The first kappa shape index (κ1) is 21.2. The lowest BCUT2D eigenvalue weighted by Gasteiger charge is -2.23. The molecule has 0 aromatic carbocycles. The Balaban J connectivity index is 0. The Morgan fingerprint density at radius 1 is 1.32 bits per heavy atom. The number of hydrogen-bond acceptors (Lipinski definition) is 1. The van der Waals surface area contributed by atoms with Crippen LogP contribution in [0.4, 0.5) is 4.39 Å². The predicted octanol–water partition coefficient (Wildman–Crippen LogP) is 3.73. The highest BCUT2D eigenvalue weighted by Gasteiger charge is 2.13. The summed E-state index contributed by atoms with van der Waals surface area (Å²) < 4.78 is 12.0. The first-order valence-electron chi connectivity index (χ1n) is 7.00. The largest absolute Gasteiger partial charge is 0.357 e. The van der Waals surface area contributed by atoms with Gasteiger partial charge in [0.2, 0.25) is 0 Å². The van der Waals surface area contributed by atoms with Crippen LogP contribution < -0.4 is 10.6 Å². The van der Waals surface area contributed by atoms with Crippen LogP contribution in [-0.4, -0.2) is 31.8 Å². The zero-order chi connectivity index (χ0) is 14.0. The van der Waals surface area contributed by atoms with E-state index in [9.17, 15) is 4.39 Å². The lowest BCUT2D eigenvalue weighted by molar-refractivity contribution is 0.346. The molecule has 0 aromatic rings. The van der Waals surface area contributed by atoms with Crippen molar-refractivity contribution >= 4 is 29.9 Å². The maximum atomic E-state index is 12.0.